The lowest BCUT2D eigenvalue weighted by Crippen LogP contribution is -2.40. The summed E-state index contributed by atoms with van der Waals surface area (Å²) in [7, 11) is 1.40. The monoisotopic (exact) mass is 540 g/mol. The van der Waals surface area contributed by atoms with Crippen LogP contribution in [0, 0.1) is 12.3 Å². The van der Waals surface area contributed by atoms with E-state index in [1.54, 1.807) is 0 Å². The van der Waals surface area contributed by atoms with E-state index in [4.69, 9.17) is 19.6 Å². The Labute approximate surface area is 237 Å². The highest BCUT2D eigenvalue weighted by atomic mass is 16.6. The average molecular weight is 541 g/mol. The Bertz CT molecular complexity index is 1510. The summed E-state index contributed by atoms with van der Waals surface area (Å²) in [5, 5.41) is 5.10. The van der Waals surface area contributed by atoms with Crippen molar-refractivity contribution in [3.8, 4) is 22.4 Å². The highest BCUT2D eigenvalue weighted by Gasteiger charge is 2.37. The molecule has 1 fully saturated rings. The van der Waals surface area contributed by atoms with E-state index in [-0.39, 0.29) is 5.41 Å². The van der Waals surface area contributed by atoms with Gasteiger partial charge in [0.1, 0.15) is 5.82 Å². The number of anilines is 1. The smallest absolute Gasteiger partial charge is 0.339 e. The van der Waals surface area contributed by atoms with Gasteiger partial charge in [-0.1, -0.05) is 62.4 Å². The number of piperidine rings is 1. The number of aryl methyl sites for hydroxylation is 1. The summed E-state index contributed by atoms with van der Waals surface area (Å²) >= 11 is 0. The van der Waals surface area contributed by atoms with E-state index in [2.05, 4.69) is 55.1 Å². The average Bonchev–Trinajstić information content (AvgIpc) is 3.35. The molecule has 210 valence electrons. The molecule has 7 heteroatoms. The lowest BCUT2D eigenvalue weighted by molar-refractivity contribution is -0.164. The number of benzene rings is 2. The fraction of sp³-hybridized carbons (Fsp3) is 0.424. The first-order valence-corrected chi connectivity index (χ1v) is 14.0. The van der Waals surface area contributed by atoms with Crippen LogP contribution >= 0.6 is 0 Å². The third kappa shape index (κ3) is 5.75. The van der Waals surface area contributed by atoms with Gasteiger partial charge in [-0.15, -0.1) is 0 Å². The number of carbonyl (C=O) groups is 1. The fourth-order valence-electron chi connectivity index (χ4n) is 5.37. The quantitative estimate of drug-likeness (QED) is 0.245. The number of rotatable bonds is 6. The minimum Gasteiger partial charge on any atom is -0.467 e. The van der Waals surface area contributed by atoms with Crippen LogP contribution in [0.25, 0.3) is 28.0 Å². The summed E-state index contributed by atoms with van der Waals surface area (Å²) < 4.78 is 13.5. The number of hydrogen-bond acceptors (Lipinski definition) is 6. The van der Waals surface area contributed by atoms with Crippen molar-refractivity contribution in [2.75, 3.05) is 25.1 Å². The van der Waals surface area contributed by atoms with E-state index in [1.807, 2.05) is 56.5 Å². The second kappa shape index (κ2) is 10.7. The van der Waals surface area contributed by atoms with Crippen LogP contribution in [0.3, 0.4) is 0 Å². The molecule has 1 unspecified atom stereocenters. The van der Waals surface area contributed by atoms with Gasteiger partial charge in [-0.05, 0) is 63.1 Å². The van der Waals surface area contributed by atoms with Gasteiger partial charge < -0.3 is 14.4 Å². The van der Waals surface area contributed by atoms with Gasteiger partial charge in [0.2, 0.25) is 0 Å². The Morgan fingerprint density at radius 1 is 0.950 bits per heavy atom. The summed E-state index contributed by atoms with van der Waals surface area (Å²) in [4.78, 5) is 20.5. The van der Waals surface area contributed by atoms with E-state index < -0.39 is 17.7 Å². The number of fused-ring (bicyclic) bond motifs is 1. The molecule has 2 aromatic carbocycles. The van der Waals surface area contributed by atoms with Gasteiger partial charge in [-0.25, -0.2) is 9.78 Å². The maximum absolute atomic E-state index is 13.2. The zero-order valence-electron chi connectivity index (χ0n) is 24.7. The van der Waals surface area contributed by atoms with E-state index in [1.165, 1.54) is 7.11 Å². The molecule has 0 spiro atoms. The summed E-state index contributed by atoms with van der Waals surface area (Å²) in [6, 6.07) is 20.8. The number of esters is 1. The van der Waals surface area contributed by atoms with Crippen LogP contribution in [-0.2, 0) is 14.3 Å². The molecular formula is C33H40N4O3. The Balaban J connectivity index is 1.69. The van der Waals surface area contributed by atoms with Gasteiger partial charge in [0.15, 0.2) is 11.8 Å². The van der Waals surface area contributed by atoms with Crippen molar-refractivity contribution >= 4 is 17.4 Å². The van der Waals surface area contributed by atoms with Crippen molar-refractivity contribution in [3.05, 3.63) is 71.9 Å². The number of nitrogens with zero attached hydrogens (tertiary/aromatic N) is 4. The molecule has 5 rings (SSSR count). The summed E-state index contributed by atoms with van der Waals surface area (Å²) in [5.74, 6) is 0.406. The molecule has 0 aliphatic carbocycles. The Morgan fingerprint density at radius 2 is 1.60 bits per heavy atom. The predicted molar refractivity (Wildman–Crippen MR) is 159 cm³/mol. The van der Waals surface area contributed by atoms with Crippen LogP contribution in [0.5, 0.6) is 0 Å². The minimum absolute atomic E-state index is 0.259. The summed E-state index contributed by atoms with van der Waals surface area (Å²) in [6.07, 6.45) is 1.14. The summed E-state index contributed by atoms with van der Waals surface area (Å²) in [5.41, 5.74) is 5.98. The van der Waals surface area contributed by atoms with Crippen LogP contribution in [0.2, 0.25) is 0 Å². The molecule has 0 amide bonds. The Hall–Kier alpha value is -3.71. The Kier molecular flexibility index (Phi) is 7.44. The molecule has 2 aromatic heterocycles. The van der Waals surface area contributed by atoms with E-state index in [0.717, 1.165) is 65.5 Å². The van der Waals surface area contributed by atoms with Gasteiger partial charge in [-0.2, -0.15) is 9.61 Å². The fourth-order valence-corrected chi connectivity index (χ4v) is 5.37. The first-order chi connectivity index (χ1) is 19.0. The molecule has 3 heterocycles. The SMILES string of the molecule is COC(=O)C(OC(C)(C)C)c1c(C)nc2cc(-c3cccc(-c4ccccc4)c3)nn2c1N1CCC(C)(C)CC1. The molecule has 7 nitrogen and oxygen atoms in total. The largest absolute Gasteiger partial charge is 0.467 e. The van der Waals surface area contributed by atoms with Crippen LogP contribution in [0.15, 0.2) is 60.7 Å². The van der Waals surface area contributed by atoms with Gasteiger partial charge in [-0.3, -0.25) is 0 Å². The highest BCUT2D eigenvalue weighted by Crippen LogP contribution is 2.39. The number of aromatic nitrogens is 3. The van der Waals surface area contributed by atoms with Crippen molar-refractivity contribution in [2.24, 2.45) is 5.41 Å². The standard InChI is InChI=1S/C33H40N4O3/c1-22-28(29(31(38)39-7)40-32(2,3)4)30(36-18-16-33(5,6)17-19-36)37-27(34-22)21-26(35-37)25-15-11-14-24(20-25)23-12-9-8-10-13-23/h8-15,20-21,29H,16-19H2,1-7H3. The third-order valence-electron chi connectivity index (χ3n) is 7.63. The van der Waals surface area contributed by atoms with Crippen LogP contribution in [0.4, 0.5) is 5.82 Å². The van der Waals surface area contributed by atoms with Gasteiger partial charge >= 0.3 is 5.97 Å². The molecule has 1 atom stereocenters. The maximum atomic E-state index is 13.2. The zero-order chi connectivity index (χ0) is 28.7. The van der Waals surface area contributed by atoms with Crippen molar-refractivity contribution in [1.82, 2.24) is 14.6 Å². The third-order valence-corrected chi connectivity index (χ3v) is 7.63. The molecule has 1 aliphatic heterocycles. The second-order valence-electron chi connectivity index (χ2n) is 12.5. The maximum Gasteiger partial charge on any atom is 0.339 e. The molecule has 1 aliphatic rings. The highest BCUT2D eigenvalue weighted by molar-refractivity contribution is 5.80. The second-order valence-corrected chi connectivity index (χ2v) is 12.5. The minimum atomic E-state index is -0.930. The predicted octanol–water partition coefficient (Wildman–Crippen LogP) is 7.03. The lowest BCUT2D eigenvalue weighted by atomic mass is 9.82. The van der Waals surface area contributed by atoms with E-state index >= 15 is 0 Å². The topological polar surface area (TPSA) is 69.0 Å². The van der Waals surface area contributed by atoms with Crippen molar-refractivity contribution in [3.63, 3.8) is 0 Å². The van der Waals surface area contributed by atoms with E-state index in [0.29, 0.717) is 5.56 Å². The number of hydrogen-bond donors (Lipinski definition) is 0. The van der Waals surface area contributed by atoms with Gasteiger partial charge in [0.05, 0.1) is 24.0 Å². The van der Waals surface area contributed by atoms with E-state index in [9.17, 15) is 4.79 Å². The van der Waals surface area contributed by atoms with Crippen molar-refractivity contribution < 1.29 is 14.3 Å². The Morgan fingerprint density at radius 3 is 2.25 bits per heavy atom. The first kappa shape index (κ1) is 27.8. The molecule has 4 aromatic rings. The molecule has 0 radical (unpaired) electrons. The number of ether oxygens (including phenoxy) is 2. The van der Waals surface area contributed by atoms with Crippen LogP contribution < -0.4 is 4.90 Å². The molecule has 0 N–H and O–H groups in total. The molecule has 0 bridgehead atoms. The normalized spacial score (nSPS) is 16.2. The van der Waals surface area contributed by atoms with Crippen LogP contribution in [0.1, 0.15) is 64.8 Å². The van der Waals surface area contributed by atoms with Gasteiger partial charge in [0, 0.05) is 30.4 Å². The zero-order valence-corrected chi connectivity index (χ0v) is 24.7. The molecule has 1 saturated heterocycles. The number of carbonyl (C=O) groups excluding carboxylic acids is 1. The van der Waals surface area contributed by atoms with Crippen molar-refractivity contribution in [1.29, 1.82) is 0 Å². The molecule has 0 saturated carbocycles. The first-order valence-electron chi connectivity index (χ1n) is 14.0. The molecular weight excluding hydrogens is 500 g/mol. The summed E-state index contributed by atoms with van der Waals surface area (Å²) in [6.45, 7) is 14.1. The van der Waals surface area contributed by atoms with Crippen molar-refractivity contribution in [2.45, 2.75) is 66.1 Å². The number of methoxy groups -OCH3 is 1. The lowest BCUT2D eigenvalue weighted by Gasteiger charge is -2.39. The van der Waals surface area contributed by atoms with Gasteiger partial charge in [0.25, 0.3) is 0 Å². The van der Waals surface area contributed by atoms with Crippen LogP contribution in [-0.4, -0.2) is 46.4 Å². The molecule has 40 heavy (non-hydrogen) atoms.